The Kier molecular flexibility index (Phi) is 46.3. The van der Waals surface area contributed by atoms with Crippen LogP contribution < -0.4 is 0 Å². The average Bonchev–Trinajstić information content (AvgIpc) is 3.36. The van der Waals surface area contributed by atoms with Crippen LogP contribution in [0, 0.1) is 0 Å². The van der Waals surface area contributed by atoms with Crippen LogP contribution in [0.4, 0.5) is 0 Å². The van der Waals surface area contributed by atoms with Crippen molar-refractivity contribution in [1.82, 2.24) is 0 Å². The minimum absolute atomic E-state index is 0.156. The highest BCUT2D eigenvalue weighted by atomic mass is 32.2. The van der Waals surface area contributed by atoms with Crippen LogP contribution in [0.5, 0.6) is 0 Å². The fourth-order valence-electron chi connectivity index (χ4n) is 9.14. The van der Waals surface area contributed by atoms with E-state index in [-0.39, 0.29) is 19.4 Å². The predicted molar refractivity (Wildman–Crippen MR) is 298 cm³/mol. The van der Waals surface area contributed by atoms with Crippen LogP contribution >= 0.6 is 0 Å². The highest BCUT2D eigenvalue weighted by Crippen LogP contribution is 2.24. The smallest absolute Gasteiger partial charge is 0.306 e. The number of rotatable bonds is 51. The molecule has 0 aromatic rings. The third-order valence-electron chi connectivity index (χ3n) is 13.7. The fourth-order valence-corrected chi connectivity index (χ4v) is 9.83. The van der Waals surface area contributed by atoms with E-state index in [0.717, 1.165) is 77.0 Å². The first-order valence-electron chi connectivity index (χ1n) is 29.7. The molecule has 426 valence electrons. The van der Waals surface area contributed by atoms with Crippen molar-refractivity contribution in [2.45, 2.75) is 301 Å². The summed E-state index contributed by atoms with van der Waals surface area (Å²) in [6, 6.07) is 0. The molecule has 1 aliphatic rings. The SMILES string of the molecule is CC/C=C\C/C=C\C/C=C\C/C=C\CCCCCCCCCCC(=O)OC(COC(=O)CCCCCCCCCCCCCCCCCCCCCCCCCC)COC1OC(CS(=O)(=O)O)C(O)C(O)C1O. The van der Waals surface area contributed by atoms with Gasteiger partial charge in [0.05, 0.1) is 6.61 Å². The number of hydrogen-bond donors (Lipinski definition) is 4. The van der Waals surface area contributed by atoms with Gasteiger partial charge in [-0.1, -0.05) is 249 Å². The molecule has 1 fully saturated rings. The Bertz CT molecular complexity index is 1510. The van der Waals surface area contributed by atoms with Gasteiger partial charge in [-0.25, -0.2) is 0 Å². The number of carbonyl (C=O) groups excluding carboxylic acids is 2. The van der Waals surface area contributed by atoms with Crippen molar-refractivity contribution in [2.24, 2.45) is 0 Å². The molecule has 1 saturated heterocycles. The molecule has 0 spiro atoms. The number of aliphatic hydroxyl groups is 3. The maximum absolute atomic E-state index is 12.9. The third kappa shape index (κ3) is 43.4. The van der Waals surface area contributed by atoms with Crippen LogP contribution in [0.2, 0.25) is 0 Å². The number of hydrogen-bond acceptors (Lipinski definition) is 11. The Morgan fingerprint density at radius 2 is 0.863 bits per heavy atom. The molecule has 12 nitrogen and oxygen atoms in total. The van der Waals surface area contributed by atoms with Gasteiger partial charge in [-0.2, -0.15) is 8.42 Å². The third-order valence-corrected chi connectivity index (χ3v) is 14.4. The second-order valence-electron chi connectivity index (χ2n) is 20.6. The molecule has 0 saturated carbocycles. The Hall–Kier alpha value is -2.39. The lowest BCUT2D eigenvalue weighted by atomic mass is 10.00. The monoisotopic (exact) mass is 1050 g/mol. The van der Waals surface area contributed by atoms with Gasteiger partial charge < -0.3 is 34.3 Å². The van der Waals surface area contributed by atoms with Crippen LogP contribution in [0.1, 0.15) is 264 Å². The molecule has 0 aromatic heterocycles. The van der Waals surface area contributed by atoms with E-state index in [2.05, 4.69) is 62.5 Å². The quantitative estimate of drug-likeness (QED) is 0.0196. The second-order valence-corrected chi connectivity index (χ2v) is 22.1. The highest BCUT2D eigenvalue weighted by molar-refractivity contribution is 7.85. The van der Waals surface area contributed by atoms with Crippen LogP contribution in [0.3, 0.4) is 0 Å². The summed E-state index contributed by atoms with van der Waals surface area (Å²) in [5.74, 6) is -1.98. The minimum atomic E-state index is -4.61. The molecule has 0 bridgehead atoms. The molecule has 6 unspecified atom stereocenters. The Morgan fingerprint density at radius 3 is 1.29 bits per heavy atom. The van der Waals surface area contributed by atoms with Crippen molar-refractivity contribution in [3.63, 3.8) is 0 Å². The summed E-state index contributed by atoms with van der Waals surface area (Å²) in [4.78, 5) is 25.7. The van der Waals surface area contributed by atoms with Gasteiger partial charge in [0.2, 0.25) is 0 Å². The van der Waals surface area contributed by atoms with E-state index in [1.54, 1.807) is 0 Å². The minimum Gasteiger partial charge on any atom is -0.462 e. The summed E-state index contributed by atoms with van der Waals surface area (Å²) in [7, 11) is -4.61. The molecule has 0 aliphatic carbocycles. The second kappa shape index (κ2) is 49.2. The summed E-state index contributed by atoms with van der Waals surface area (Å²) in [6.45, 7) is 3.70. The van der Waals surface area contributed by atoms with E-state index in [9.17, 15) is 37.9 Å². The number of carbonyl (C=O) groups is 2. The predicted octanol–water partition coefficient (Wildman–Crippen LogP) is 14.6. The van der Waals surface area contributed by atoms with Crippen molar-refractivity contribution >= 4 is 22.1 Å². The van der Waals surface area contributed by atoms with Crippen LogP contribution in [0.15, 0.2) is 48.6 Å². The Balaban J connectivity index is 2.29. The number of ether oxygens (including phenoxy) is 4. The van der Waals surface area contributed by atoms with Crippen molar-refractivity contribution in [3.8, 4) is 0 Å². The van der Waals surface area contributed by atoms with Gasteiger partial charge in [-0.15, -0.1) is 0 Å². The van der Waals surface area contributed by atoms with Gasteiger partial charge in [-0.3, -0.25) is 14.1 Å². The molecular weight excluding hydrogens is 945 g/mol. The lowest BCUT2D eigenvalue weighted by Gasteiger charge is -2.40. The van der Waals surface area contributed by atoms with Crippen LogP contribution in [0.25, 0.3) is 0 Å². The van der Waals surface area contributed by atoms with E-state index in [0.29, 0.717) is 12.8 Å². The summed E-state index contributed by atoms with van der Waals surface area (Å²) < 4.78 is 54.4. The van der Waals surface area contributed by atoms with E-state index in [4.69, 9.17) is 18.9 Å². The number of aliphatic hydroxyl groups excluding tert-OH is 3. The number of esters is 2. The summed E-state index contributed by atoms with van der Waals surface area (Å²) in [6.07, 6.45) is 53.0. The van der Waals surface area contributed by atoms with Crippen LogP contribution in [-0.4, -0.2) is 96.0 Å². The fraction of sp³-hybridized carbons (Fsp3) is 0.833. The zero-order chi connectivity index (χ0) is 53.3. The molecule has 73 heavy (non-hydrogen) atoms. The van der Waals surface area contributed by atoms with Gasteiger partial charge >= 0.3 is 11.9 Å². The van der Waals surface area contributed by atoms with E-state index < -0.39 is 71.2 Å². The lowest BCUT2D eigenvalue weighted by Crippen LogP contribution is -2.60. The standard InChI is InChI=1S/C60H108O12S/c1-3-5-7-9-11-13-15-17-19-21-23-25-26-27-29-30-32-34-36-38-40-42-44-46-48-55(61)69-50-53(51-70-60-59(65)58(64)57(63)54(72-60)52-73(66,67)68)71-56(62)49-47-45-43-41-39-37-35-33-31-28-24-22-20-18-16-14-12-10-8-6-4-2/h6,8,12,14,18,20,24,28,53-54,57-60,63-65H,3-5,7,9-11,13,15-17,19,21-23,25-27,29-52H2,1-2H3,(H,66,67,68)/b8-6-,14-12-,20-18-,28-24-. The summed E-state index contributed by atoms with van der Waals surface area (Å²) >= 11 is 0. The average molecular weight is 1050 g/mol. The largest absolute Gasteiger partial charge is 0.462 e. The van der Waals surface area contributed by atoms with Crippen molar-refractivity contribution in [1.29, 1.82) is 0 Å². The van der Waals surface area contributed by atoms with Crippen LogP contribution in [-0.2, 0) is 38.7 Å². The van der Waals surface area contributed by atoms with Gasteiger partial charge in [0.1, 0.15) is 36.8 Å². The molecular formula is C60H108O12S. The zero-order valence-corrected chi connectivity index (χ0v) is 47.1. The molecule has 0 amide bonds. The maximum Gasteiger partial charge on any atom is 0.306 e. The van der Waals surface area contributed by atoms with Gasteiger partial charge in [0.25, 0.3) is 10.1 Å². The van der Waals surface area contributed by atoms with Gasteiger partial charge in [0, 0.05) is 12.8 Å². The molecule has 13 heteroatoms. The Morgan fingerprint density at radius 1 is 0.479 bits per heavy atom. The van der Waals surface area contributed by atoms with Gasteiger partial charge in [-0.05, 0) is 51.4 Å². The first-order valence-corrected chi connectivity index (χ1v) is 31.3. The van der Waals surface area contributed by atoms with E-state index in [1.165, 1.54) is 148 Å². The summed E-state index contributed by atoms with van der Waals surface area (Å²) in [5.41, 5.74) is 0. The van der Waals surface area contributed by atoms with E-state index in [1.807, 2.05) is 0 Å². The number of allylic oxidation sites excluding steroid dienone is 8. The molecule has 1 aliphatic heterocycles. The molecule has 6 atom stereocenters. The molecule has 0 aromatic carbocycles. The lowest BCUT2D eigenvalue weighted by molar-refractivity contribution is -0.297. The first kappa shape index (κ1) is 68.6. The van der Waals surface area contributed by atoms with Gasteiger partial charge in [0.15, 0.2) is 12.4 Å². The molecule has 1 heterocycles. The highest BCUT2D eigenvalue weighted by Gasteiger charge is 2.46. The van der Waals surface area contributed by atoms with Crippen molar-refractivity contribution in [3.05, 3.63) is 48.6 Å². The van der Waals surface area contributed by atoms with E-state index >= 15 is 0 Å². The normalized spacial score (nSPS) is 19.0. The first-order chi connectivity index (χ1) is 35.5. The molecule has 1 rings (SSSR count). The maximum atomic E-state index is 12.9. The Labute approximate surface area is 445 Å². The van der Waals surface area contributed by atoms with Crippen molar-refractivity contribution in [2.75, 3.05) is 19.0 Å². The topological polar surface area (TPSA) is 186 Å². The zero-order valence-electron chi connectivity index (χ0n) is 46.2. The molecule has 0 radical (unpaired) electrons. The number of unbranched alkanes of at least 4 members (excludes halogenated alkanes) is 31. The summed E-state index contributed by atoms with van der Waals surface area (Å²) in [5, 5.41) is 31.1. The van der Waals surface area contributed by atoms with Crippen molar-refractivity contribution < 1.29 is 56.8 Å². The molecule has 4 N–H and O–H groups in total.